The van der Waals surface area contributed by atoms with Crippen LogP contribution in [0.3, 0.4) is 0 Å². The second kappa shape index (κ2) is 3.62. The zero-order valence-electron chi connectivity index (χ0n) is 7.78. The first-order valence-corrected chi connectivity index (χ1v) is 4.92. The third kappa shape index (κ3) is 1.85. The number of hydrogen-bond acceptors (Lipinski definition) is 3. The molecule has 0 bridgehead atoms. The molecule has 1 aromatic heterocycles. The first-order valence-electron chi connectivity index (χ1n) is 4.13. The van der Waals surface area contributed by atoms with E-state index < -0.39 is 5.82 Å². The topological polar surface area (TPSA) is 50.9 Å². The quantitative estimate of drug-likeness (QED) is 0.864. The summed E-state index contributed by atoms with van der Waals surface area (Å²) in [5.74, 6) is -0.629. The molecule has 2 rings (SSSR count). The second-order valence-corrected chi connectivity index (χ2v) is 3.80. The van der Waals surface area contributed by atoms with Gasteiger partial charge < -0.3 is 5.11 Å². The van der Waals surface area contributed by atoms with Gasteiger partial charge in [0, 0.05) is 18.7 Å². The van der Waals surface area contributed by atoms with E-state index in [4.69, 9.17) is 0 Å². The maximum Gasteiger partial charge on any atom is 0.156 e. The summed E-state index contributed by atoms with van der Waals surface area (Å²) in [6, 6.07) is 3.80. The number of aromatic hydroxyl groups is 1. The molecule has 0 unspecified atom stereocenters. The van der Waals surface area contributed by atoms with Gasteiger partial charge in [0.15, 0.2) is 4.60 Å². The Bertz CT molecular complexity index is 472. The molecular formula is C9H7BrFN3O. The van der Waals surface area contributed by atoms with Gasteiger partial charge in [-0.05, 0) is 28.1 Å². The van der Waals surface area contributed by atoms with E-state index in [2.05, 4.69) is 26.2 Å². The number of aryl methyl sites for hydroxylation is 1. The average Bonchev–Trinajstić information content (AvgIpc) is 2.44. The zero-order valence-corrected chi connectivity index (χ0v) is 9.36. The van der Waals surface area contributed by atoms with Crippen LogP contribution < -0.4 is 0 Å². The lowest BCUT2D eigenvalue weighted by molar-refractivity contribution is 0.469. The summed E-state index contributed by atoms with van der Waals surface area (Å²) in [5, 5.41) is 16.8. The van der Waals surface area contributed by atoms with Gasteiger partial charge in [0.1, 0.15) is 17.3 Å². The third-order valence-corrected chi connectivity index (χ3v) is 2.48. The zero-order chi connectivity index (χ0) is 11.0. The molecular weight excluding hydrogens is 265 g/mol. The fourth-order valence-corrected chi connectivity index (χ4v) is 1.91. The molecule has 1 N–H and O–H groups in total. The molecule has 6 heteroatoms. The number of hydrogen-bond donors (Lipinski definition) is 1. The summed E-state index contributed by atoms with van der Waals surface area (Å²) in [6.07, 6.45) is 0. The second-order valence-electron chi connectivity index (χ2n) is 3.05. The highest BCUT2D eigenvalue weighted by molar-refractivity contribution is 9.10. The Morgan fingerprint density at radius 3 is 2.67 bits per heavy atom. The number of aromatic nitrogens is 3. The van der Waals surface area contributed by atoms with Crippen LogP contribution >= 0.6 is 15.9 Å². The van der Waals surface area contributed by atoms with Crippen molar-refractivity contribution in [3.63, 3.8) is 0 Å². The van der Waals surface area contributed by atoms with Crippen molar-refractivity contribution >= 4 is 15.9 Å². The molecule has 0 radical (unpaired) electrons. The van der Waals surface area contributed by atoms with E-state index in [1.807, 2.05) is 0 Å². The van der Waals surface area contributed by atoms with Gasteiger partial charge in [0.05, 0.1) is 0 Å². The molecule has 2 aromatic rings. The lowest BCUT2D eigenvalue weighted by atomic mass is 10.1. The molecule has 0 saturated carbocycles. The van der Waals surface area contributed by atoms with E-state index in [-0.39, 0.29) is 5.75 Å². The predicted octanol–water partition coefficient (Wildman–Crippen LogP) is 2.09. The summed E-state index contributed by atoms with van der Waals surface area (Å²) >= 11 is 3.20. The summed E-state index contributed by atoms with van der Waals surface area (Å²) < 4.78 is 15.1. The van der Waals surface area contributed by atoms with Crippen molar-refractivity contribution in [1.82, 2.24) is 15.0 Å². The van der Waals surface area contributed by atoms with Gasteiger partial charge >= 0.3 is 0 Å². The van der Waals surface area contributed by atoms with Gasteiger partial charge in [-0.25, -0.2) is 9.07 Å². The van der Waals surface area contributed by atoms with Crippen molar-refractivity contribution in [2.75, 3.05) is 0 Å². The molecule has 78 valence electrons. The molecule has 4 nitrogen and oxygen atoms in total. The number of benzene rings is 1. The smallest absolute Gasteiger partial charge is 0.156 e. The maximum atomic E-state index is 13.1. The Hall–Kier alpha value is -1.43. The van der Waals surface area contributed by atoms with Gasteiger partial charge in [-0.2, -0.15) is 0 Å². The Labute approximate surface area is 93.5 Å². The van der Waals surface area contributed by atoms with Crippen LogP contribution in [0.5, 0.6) is 5.75 Å². The van der Waals surface area contributed by atoms with E-state index in [9.17, 15) is 9.50 Å². The Balaban J connectivity index is 2.63. The minimum atomic E-state index is -0.502. The fourth-order valence-electron chi connectivity index (χ4n) is 1.35. The average molecular weight is 272 g/mol. The molecule has 0 fully saturated rings. The maximum absolute atomic E-state index is 13.1. The molecule has 0 aliphatic heterocycles. The standard InChI is InChI=1S/C9H7BrFN3O/c1-14-8(9(10)12-13-14)5-2-6(11)4-7(15)3-5/h2-4,15H,1H3. The number of halogens is 2. The van der Waals surface area contributed by atoms with Crippen LogP contribution in [-0.4, -0.2) is 20.1 Å². The molecule has 0 spiro atoms. The van der Waals surface area contributed by atoms with Crippen molar-refractivity contribution in [2.24, 2.45) is 7.05 Å². The molecule has 1 aromatic carbocycles. The Morgan fingerprint density at radius 1 is 1.40 bits per heavy atom. The predicted molar refractivity (Wildman–Crippen MR) is 55.8 cm³/mol. The highest BCUT2D eigenvalue weighted by atomic mass is 79.9. The monoisotopic (exact) mass is 271 g/mol. The SMILES string of the molecule is Cn1nnc(Br)c1-c1cc(O)cc(F)c1. The summed E-state index contributed by atoms with van der Waals surface area (Å²) in [4.78, 5) is 0. The van der Waals surface area contributed by atoms with Crippen LogP contribution in [0.4, 0.5) is 4.39 Å². The van der Waals surface area contributed by atoms with Gasteiger partial charge in [-0.3, -0.25) is 0 Å². The van der Waals surface area contributed by atoms with Crippen LogP contribution in [0.25, 0.3) is 11.3 Å². The molecule has 0 aliphatic carbocycles. The Kier molecular flexibility index (Phi) is 2.44. The van der Waals surface area contributed by atoms with Gasteiger partial charge in [0.2, 0.25) is 0 Å². The van der Waals surface area contributed by atoms with E-state index in [1.165, 1.54) is 16.8 Å². The highest BCUT2D eigenvalue weighted by Crippen LogP contribution is 2.28. The molecule has 0 atom stereocenters. The van der Waals surface area contributed by atoms with E-state index in [0.717, 1.165) is 6.07 Å². The van der Waals surface area contributed by atoms with Crippen LogP contribution in [0, 0.1) is 5.82 Å². The van der Waals surface area contributed by atoms with Gasteiger partial charge in [-0.15, -0.1) is 5.10 Å². The van der Waals surface area contributed by atoms with Crippen LogP contribution in [-0.2, 0) is 7.05 Å². The number of phenolic OH excluding ortho intramolecular Hbond substituents is 1. The fraction of sp³-hybridized carbons (Fsp3) is 0.111. The van der Waals surface area contributed by atoms with Crippen LogP contribution in [0.15, 0.2) is 22.8 Å². The van der Waals surface area contributed by atoms with Gasteiger partial charge in [0.25, 0.3) is 0 Å². The van der Waals surface area contributed by atoms with Crippen molar-refractivity contribution in [3.8, 4) is 17.0 Å². The van der Waals surface area contributed by atoms with E-state index in [0.29, 0.717) is 15.9 Å². The molecule has 1 heterocycles. The first kappa shape index (κ1) is 10.1. The minimum absolute atomic E-state index is 0.127. The van der Waals surface area contributed by atoms with Crippen molar-refractivity contribution in [2.45, 2.75) is 0 Å². The lowest BCUT2D eigenvalue weighted by Gasteiger charge is -2.02. The minimum Gasteiger partial charge on any atom is -0.508 e. The number of rotatable bonds is 1. The lowest BCUT2D eigenvalue weighted by Crippen LogP contribution is -1.94. The first-order chi connectivity index (χ1) is 7.08. The molecule has 0 aliphatic rings. The number of phenols is 1. The van der Waals surface area contributed by atoms with E-state index >= 15 is 0 Å². The van der Waals surface area contributed by atoms with E-state index in [1.54, 1.807) is 7.05 Å². The molecule has 0 saturated heterocycles. The summed E-state index contributed by atoms with van der Waals surface area (Å²) in [7, 11) is 1.69. The largest absolute Gasteiger partial charge is 0.508 e. The van der Waals surface area contributed by atoms with Crippen molar-refractivity contribution in [1.29, 1.82) is 0 Å². The Morgan fingerprint density at radius 2 is 2.13 bits per heavy atom. The van der Waals surface area contributed by atoms with Crippen LogP contribution in [0.2, 0.25) is 0 Å². The molecule has 0 amide bonds. The summed E-state index contributed by atoms with van der Waals surface area (Å²) in [6.45, 7) is 0. The van der Waals surface area contributed by atoms with Crippen LogP contribution in [0.1, 0.15) is 0 Å². The number of nitrogens with zero attached hydrogens (tertiary/aromatic N) is 3. The van der Waals surface area contributed by atoms with Crippen molar-refractivity contribution < 1.29 is 9.50 Å². The summed E-state index contributed by atoms with van der Waals surface area (Å²) in [5.41, 5.74) is 1.14. The highest BCUT2D eigenvalue weighted by Gasteiger charge is 2.12. The third-order valence-electron chi connectivity index (χ3n) is 1.94. The molecule has 15 heavy (non-hydrogen) atoms. The normalized spacial score (nSPS) is 10.6. The van der Waals surface area contributed by atoms with Gasteiger partial charge in [-0.1, -0.05) is 5.21 Å². The van der Waals surface area contributed by atoms with Crippen molar-refractivity contribution in [3.05, 3.63) is 28.6 Å².